The van der Waals surface area contributed by atoms with Gasteiger partial charge in [0.25, 0.3) is 0 Å². The first-order valence-corrected chi connectivity index (χ1v) is 7.29. The molecule has 1 fully saturated rings. The number of aromatic nitrogens is 2. The van der Waals surface area contributed by atoms with E-state index in [4.69, 9.17) is 0 Å². The average molecular weight is 288 g/mol. The Balaban J connectivity index is 1.78. The van der Waals surface area contributed by atoms with Crippen LogP contribution in [-0.2, 0) is 0 Å². The minimum atomic E-state index is -0.262. The van der Waals surface area contributed by atoms with Crippen LogP contribution in [0.5, 0.6) is 0 Å². The molecule has 0 amide bonds. The predicted molar refractivity (Wildman–Crippen MR) is 82.3 cm³/mol. The van der Waals surface area contributed by atoms with Gasteiger partial charge in [0.2, 0.25) is 0 Å². The standard InChI is InChI=1S/C16H21FN4/c1-11-7-18-21(8-11)16-5-4-13(6-14(16)17)19-15-10-20(3)9-12(15)2/h4-8,12,15,19H,9-10H2,1-3H3/t12-,15-/m0/s1. The normalized spacial score (nSPS) is 22.7. The molecule has 4 nitrogen and oxygen atoms in total. The Labute approximate surface area is 124 Å². The molecule has 0 aliphatic carbocycles. The fraction of sp³-hybridized carbons (Fsp3) is 0.438. The van der Waals surface area contributed by atoms with Crippen molar-refractivity contribution in [2.24, 2.45) is 5.92 Å². The summed E-state index contributed by atoms with van der Waals surface area (Å²) in [7, 11) is 2.11. The molecule has 1 aliphatic heterocycles. The number of likely N-dealkylation sites (tertiary alicyclic amines) is 1. The number of hydrogen-bond donors (Lipinski definition) is 1. The van der Waals surface area contributed by atoms with Gasteiger partial charge in [-0.3, -0.25) is 0 Å². The fourth-order valence-electron chi connectivity index (χ4n) is 2.94. The zero-order chi connectivity index (χ0) is 15.0. The van der Waals surface area contributed by atoms with Crippen LogP contribution < -0.4 is 5.32 Å². The molecular formula is C16H21FN4. The van der Waals surface area contributed by atoms with Crippen LogP contribution in [0.25, 0.3) is 5.69 Å². The summed E-state index contributed by atoms with van der Waals surface area (Å²) in [5.74, 6) is 0.300. The van der Waals surface area contributed by atoms with Crippen molar-refractivity contribution in [1.29, 1.82) is 0 Å². The molecule has 1 N–H and O–H groups in total. The fourth-order valence-corrected chi connectivity index (χ4v) is 2.94. The Hall–Kier alpha value is -1.88. The molecular weight excluding hydrogens is 267 g/mol. The van der Waals surface area contributed by atoms with Crippen molar-refractivity contribution in [3.63, 3.8) is 0 Å². The molecule has 1 aromatic carbocycles. The summed E-state index contributed by atoms with van der Waals surface area (Å²) in [5.41, 5.74) is 2.32. The lowest BCUT2D eigenvalue weighted by Crippen LogP contribution is -2.27. The van der Waals surface area contributed by atoms with Crippen LogP contribution >= 0.6 is 0 Å². The zero-order valence-electron chi connectivity index (χ0n) is 12.7. The molecule has 3 rings (SSSR count). The Bertz CT molecular complexity index is 637. The molecule has 0 radical (unpaired) electrons. The van der Waals surface area contributed by atoms with E-state index < -0.39 is 0 Å². The van der Waals surface area contributed by atoms with E-state index in [9.17, 15) is 4.39 Å². The lowest BCUT2D eigenvalue weighted by Gasteiger charge is -2.18. The van der Waals surface area contributed by atoms with Crippen LogP contribution in [0.15, 0.2) is 30.6 Å². The maximum absolute atomic E-state index is 14.3. The number of anilines is 1. The van der Waals surface area contributed by atoms with E-state index in [-0.39, 0.29) is 5.82 Å². The van der Waals surface area contributed by atoms with Gasteiger partial charge in [-0.25, -0.2) is 9.07 Å². The number of nitrogens with one attached hydrogen (secondary N) is 1. The predicted octanol–water partition coefficient (Wildman–Crippen LogP) is 2.68. The molecule has 2 atom stereocenters. The van der Waals surface area contributed by atoms with E-state index >= 15 is 0 Å². The first-order valence-electron chi connectivity index (χ1n) is 7.29. The van der Waals surface area contributed by atoms with Crippen molar-refractivity contribution < 1.29 is 4.39 Å². The van der Waals surface area contributed by atoms with Crippen molar-refractivity contribution >= 4 is 5.69 Å². The van der Waals surface area contributed by atoms with Crippen LogP contribution in [0, 0.1) is 18.7 Å². The van der Waals surface area contributed by atoms with Gasteiger partial charge in [0.1, 0.15) is 5.69 Å². The second kappa shape index (κ2) is 5.48. The first kappa shape index (κ1) is 14.1. The Morgan fingerprint density at radius 1 is 1.33 bits per heavy atom. The Kier molecular flexibility index (Phi) is 3.68. The van der Waals surface area contributed by atoms with E-state index in [1.807, 2.05) is 19.2 Å². The Morgan fingerprint density at radius 2 is 2.14 bits per heavy atom. The maximum atomic E-state index is 14.3. The van der Waals surface area contributed by atoms with Crippen LogP contribution in [0.2, 0.25) is 0 Å². The van der Waals surface area contributed by atoms with Gasteiger partial charge in [-0.05, 0) is 43.7 Å². The molecule has 0 bridgehead atoms. The summed E-state index contributed by atoms with van der Waals surface area (Å²) in [5, 5.41) is 7.59. The molecule has 0 spiro atoms. The van der Waals surface area contributed by atoms with Crippen molar-refractivity contribution in [3.8, 4) is 5.69 Å². The van der Waals surface area contributed by atoms with Gasteiger partial charge in [0.05, 0.1) is 6.20 Å². The van der Waals surface area contributed by atoms with Crippen LogP contribution in [-0.4, -0.2) is 40.9 Å². The van der Waals surface area contributed by atoms with Gasteiger partial charge in [-0.2, -0.15) is 5.10 Å². The van der Waals surface area contributed by atoms with Crippen LogP contribution in [0.3, 0.4) is 0 Å². The quantitative estimate of drug-likeness (QED) is 0.942. The van der Waals surface area contributed by atoms with Crippen molar-refractivity contribution in [2.75, 3.05) is 25.5 Å². The van der Waals surface area contributed by atoms with E-state index in [0.29, 0.717) is 17.6 Å². The second-order valence-electron chi connectivity index (χ2n) is 6.08. The molecule has 5 heteroatoms. The summed E-state index contributed by atoms with van der Waals surface area (Å²) in [6.45, 7) is 6.22. The molecule has 0 saturated carbocycles. The molecule has 21 heavy (non-hydrogen) atoms. The third kappa shape index (κ3) is 2.93. The van der Waals surface area contributed by atoms with Crippen molar-refractivity contribution in [3.05, 3.63) is 42.0 Å². The van der Waals surface area contributed by atoms with Gasteiger partial charge in [-0.15, -0.1) is 0 Å². The highest BCUT2D eigenvalue weighted by atomic mass is 19.1. The SMILES string of the molecule is Cc1cnn(-c2ccc(N[C@H]3CN(C)C[C@@H]3C)cc2F)c1. The summed E-state index contributed by atoms with van der Waals surface area (Å²) in [6, 6.07) is 5.61. The monoisotopic (exact) mass is 288 g/mol. The molecule has 2 aromatic rings. The highest BCUT2D eigenvalue weighted by Crippen LogP contribution is 2.23. The number of hydrogen-bond acceptors (Lipinski definition) is 3. The minimum Gasteiger partial charge on any atom is -0.381 e. The van der Waals surface area contributed by atoms with Gasteiger partial charge < -0.3 is 10.2 Å². The number of aryl methyl sites for hydroxylation is 1. The smallest absolute Gasteiger partial charge is 0.150 e. The molecule has 0 unspecified atom stereocenters. The highest BCUT2D eigenvalue weighted by molar-refractivity contribution is 5.50. The van der Waals surface area contributed by atoms with E-state index in [0.717, 1.165) is 24.3 Å². The molecule has 112 valence electrons. The maximum Gasteiger partial charge on any atom is 0.150 e. The number of likely N-dealkylation sites (N-methyl/N-ethyl adjacent to an activating group) is 1. The second-order valence-corrected chi connectivity index (χ2v) is 6.08. The van der Waals surface area contributed by atoms with E-state index in [1.165, 1.54) is 0 Å². The number of nitrogens with zero attached hydrogens (tertiary/aromatic N) is 3. The summed E-state index contributed by atoms with van der Waals surface area (Å²) >= 11 is 0. The average Bonchev–Trinajstić information content (AvgIpc) is 2.96. The van der Waals surface area contributed by atoms with Gasteiger partial charge in [0, 0.05) is 31.0 Å². The molecule has 1 aromatic heterocycles. The molecule has 1 aliphatic rings. The molecule has 2 heterocycles. The van der Waals surface area contributed by atoms with Gasteiger partial charge in [0.15, 0.2) is 5.82 Å². The van der Waals surface area contributed by atoms with E-state index in [1.54, 1.807) is 23.0 Å². The largest absolute Gasteiger partial charge is 0.381 e. The number of benzene rings is 1. The minimum absolute atomic E-state index is 0.262. The van der Waals surface area contributed by atoms with Gasteiger partial charge >= 0.3 is 0 Å². The van der Waals surface area contributed by atoms with Crippen LogP contribution in [0.4, 0.5) is 10.1 Å². The first-order chi connectivity index (χ1) is 10.0. The van der Waals surface area contributed by atoms with E-state index in [2.05, 4.69) is 29.3 Å². The number of halogens is 1. The lowest BCUT2D eigenvalue weighted by molar-refractivity contribution is 0.401. The summed E-state index contributed by atoms with van der Waals surface area (Å²) in [4.78, 5) is 2.29. The van der Waals surface area contributed by atoms with Gasteiger partial charge in [-0.1, -0.05) is 6.92 Å². The Morgan fingerprint density at radius 3 is 2.71 bits per heavy atom. The third-order valence-electron chi connectivity index (χ3n) is 4.05. The third-order valence-corrected chi connectivity index (χ3v) is 4.05. The van der Waals surface area contributed by atoms with Crippen molar-refractivity contribution in [2.45, 2.75) is 19.9 Å². The van der Waals surface area contributed by atoms with Crippen molar-refractivity contribution in [1.82, 2.24) is 14.7 Å². The summed E-state index contributed by atoms with van der Waals surface area (Å²) in [6.07, 6.45) is 3.54. The highest BCUT2D eigenvalue weighted by Gasteiger charge is 2.27. The zero-order valence-corrected chi connectivity index (χ0v) is 12.7. The number of rotatable bonds is 3. The summed E-state index contributed by atoms with van der Waals surface area (Å²) < 4.78 is 15.9. The topological polar surface area (TPSA) is 33.1 Å². The lowest BCUT2D eigenvalue weighted by atomic mass is 10.1. The molecule has 1 saturated heterocycles. The van der Waals surface area contributed by atoms with Crippen LogP contribution in [0.1, 0.15) is 12.5 Å².